The van der Waals surface area contributed by atoms with Gasteiger partial charge in [0.25, 0.3) is 0 Å². The highest BCUT2D eigenvalue weighted by atomic mass is 31.0. The SMILES string of the molecule is BB(C)P. The lowest BCUT2D eigenvalue weighted by molar-refractivity contribution is 2.35. The van der Waals surface area contributed by atoms with E-state index in [0.717, 1.165) is 6.32 Å². The molecule has 1 atom stereocenters. The molecule has 0 aromatic heterocycles. The van der Waals surface area contributed by atoms with Crippen molar-refractivity contribution in [3.05, 3.63) is 0 Å². The lowest BCUT2D eigenvalue weighted by Gasteiger charge is -1.71. The molecule has 0 saturated heterocycles. The summed E-state index contributed by atoms with van der Waals surface area (Å²) < 4.78 is 0. The maximum absolute atomic E-state index is 2.66. The Morgan fingerprint density at radius 2 is 2.00 bits per heavy atom. The lowest BCUT2D eigenvalue weighted by Crippen LogP contribution is -1.88. The van der Waals surface area contributed by atoms with Crippen LogP contribution < -0.4 is 0 Å². The zero-order valence-electron chi connectivity index (χ0n) is 3.15. The molecule has 0 radical (unpaired) electrons. The minimum Gasteiger partial charge on any atom is -0.180 e. The van der Waals surface area contributed by atoms with Crippen molar-refractivity contribution in [3.8, 4) is 0 Å². The number of hydrogen-bond acceptors (Lipinski definition) is 0. The van der Waals surface area contributed by atoms with Gasteiger partial charge in [-0.3, -0.25) is 0 Å². The third-order valence-electron chi connectivity index (χ3n) is 0. The maximum Gasteiger partial charge on any atom is 0.120 e. The Morgan fingerprint density at radius 3 is 2.00 bits per heavy atom. The third-order valence-corrected chi connectivity index (χ3v) is 0. The van der Waals surface area contributed by atoms with Crippen molar-refractivity contribution in [2.75, 3.05) is 0 Å². The molecule has 0 amide bonds. The van der Waals surface area contributed by atoms with Gasteiger partial charge in [0.2, 0.25) is 0 Å². The second-order valence-electron chi connectivity index (χ2n) is 1.24. The van der Waals surface area contributed by atoms with Crippen LogP contribution in [0, 0.1) is 0 Å². The van der Waals surface area contributed by atoms with Crippen LogP contribution in [0.5, 0.6) is 0 Å². The molecule has 3 heteroatoms. The fourth-order valence-electron chi connectivity index (χ4n) is 0. The van der Waals surface area contributed by atoms with Crippen LogP contribution in [0.1, 0.15) is 0 Å². The van der Waals surface area contributed by atoms with E-state index in [2.05, 4.69) is 23.7 Å². The summed E-state index contributed by atoms with van der Waals surface area (Å²) in [4.78, 5) is 0. The van der Waals surface area contributed by atoms with Crippen LogP contribution >= 0.6 is 9.12 Å². The summed E-state index contributed by atoms with van der Waals surface area (Å²) in [7, 11) is 4.79. The molecule has 22 valence electrons. The van der Waals surface area contributed by atoms with E-state index < -0.39 is 0 Å². The molecule has 0 saturated carbocycles. The fourth-order valence-corrected chi connectivity index (χ4v) is 0. The largest absolute Gasteiger partial charge is 0.180 e. The topological polar surface area (TPSA) is 0 Å². The standard InChI is InChI=1S/CH7B2P/c1-3(2)4/h2,4H2,1H3. The average Bonchev–Trinajstić information content (AvgIpc) is 0.811. The van der Waals surface area contributed by atoms with E-state index in [-0.39, 0.29) is 0 Å². The number of hydrogen-bond donors (Lipinski definition) is 0. The fraction of sp³-hybridized carbons (Fsp3) is 1.00. The summed E-state index contributed by atoms with van der Waals surface area (Å²) in [5, 5.41) is 0. The van der Waals surface area contributed by atoms with Gasteiger partial charge in [0.15, 0.2) is 0 Å². The zero-order valence-corrected chi connectivity index (χ0v) is 4.31. The Labute approximate surface area is 31.0 Å². The second kappa shape index (κ2) is 1.84. The first-order valence-corrected chi connectivity index (χ1v) is 2.15. The molecule has 0 N–H and O–H groups in total. The van der Waals surface area contributed by atoms with Crippen molar-refractivity contribution in [3.63, 3.8) is 0 Å². The van der Waals surface area contributed by atoms with Crippen molar-refractivity contribution in [2.45, 2.75) is 6.82 Å². The van der Waals surface area contributed by atoms with Gasteiger partial charge in [-0.05, 0) is 0 Å². The molecule has 0 fully saturated rings. The van der Waals surface area contributed by atoms with Crippen molar-refractivity contribution in [2.24, 2.45) is 0 Å². The predicted octanol–water partition coefficient (Wildman–Crippen LogP) is -0.387. The van der Waals surface area contributed by atoms with Crippen molar-refractivity contribution >= 4 is 23.2 Å². The van der Waals surface area contributed by atoms with E-state index in [0.29, 0.717) is 0 Å². The van der Waals surface area contributed by atoms with Crippen LogP contribution in [-0.2, 0) is 0 Å². The second-order valence-corrected chi connectivity index (χ2v) is 2.58. The summed E-state index contributed by atoms with van der Waals surface area (Å²) in [6.45, 7) is 2.13. The third kappa shape index (κ3) is 19.9. The summed E-state index contributed by atoms with van der Waals surface area (Å²) in [6.07, 6.45) is 0.750. The number of rotatable bonds is 0. The van der Waals surface area contributed by atoms with Gasteiger partial charge < -0.3 is 0 Å². The molecule has 1 unspecified atom stereocenters. The molecule has 0 aromatic rings. The normalized spacial score (nSPS) is 6.50. The summed E-state index contributed by atoms with van der Waals surface area (Å²) in [5.74, 6) is 0. The van der Waals surface area contributed by atoms with Gasteiger partial charge in [-0.1, -0.05) is 6.82 Å². The predicted molar refractivity (Wildman–Crippen MR) is 29.9 cm³/mol. The molecule has 0 heterocycles. The van der Waals surface area contributed by atoms with Crippen LogP contribution in [0.2, 0.25) is 6.82 Å². The smallest absolute Gasteiger partial charge is 0.120 e. The highest BCUT2D eigenvalue weighted by Gasteiger charge is 1.77. The van der Waals surface area contributed by atoms with E-state index in [9.17, 15) is 0 Å². The first-order chi connectivity index (χ1) is 1.73. The highest BCUT2D eigenvalue weighted by Crippen LogP contribution is 1.79. The van der Waals surface area contributed by atoms with Gasteiger partial charge in [-0.2, -0.15) is 9.12 Å². The molecule has 4 heavy (non-hydrogen) atoms. The molecule has 0 nitrogen and oxygen atoms in total. The van der Waals surface area contributed by atoms with Crippen molar-refractivity contribution in [1.82, 2.24) is 0 Å². The van der Waals surface area contributed by atoms with Crippen molar-refractivity contribution < 1.29 is 0 Å². The highest BCUT2D eigenvalue weighted by molar-refractivity contribution is 7.72. The van der Waals surface area contributed by atoms with E-state index in [1.54, 1.807) is 0 Å². The Bertz CT molecular complexity index is 10.8. The summed E-state index contributed by atoms with van der Waals surface area (Å²) in [6, 6.07) is 0. The Morgan fingerprint density at radius 1 is 2.00 bits per heavy atom. The lowest BCUT2D eigenvalue weighted by atomic mass is 9.56. The molecule has 0 aliphatic carbocycles. The van der Waals surface area contributed by atoms with Crippen LogP contribution in [-0.4, -0.2) is 14.1 Å². The zero-order chi connectivity index (χ0) is 3.58. The monoisotopic (exact) mass is 72.0 g/mol. The molecule has 0 aliphatic rings. The van der Waals surface area contributed by atoms with Gasteiger partial charge in [0, 0.05) is 0 Å². The molecule has 0 bridgehead atoms. The van der Waals surface area contributed by atoms with Crippen LogP contribution in [0.4, 0.5) is 0 Å². The quantitative estimate of drug-likeness (QED) is 0.270. The molecular formula is CH7B2P. The Hall–Kier alpha value is 0.560. The van der Waals surface area contributed by atoms with Gasteiger partial charge in [0.1, 0.15) is 6.32 Å². The van der Waals surface area contributed by atoms with Gasteiger partial charge in [-0.25, -0.2) is 0 Å². The Balaban J connectivity index is 2.32. The van der Waals surface area contributed by atoms with Gasteiger partial charge in [-0.15, -0.1) is 0 Å². The summed E-state index contributed by atoms with van der Waals surface area (Å²) >= 11 is 0. The summed E-state index contributed by atoms with van der Waals surface area (Å²) in [5.41, 5.74) is 0. The molecular weight excluding hydrogens is 64.6 g/mol. The van der Waals surface area contributed by atoms with E-state index in [4.69, 9.17) is 0 Å². The van der Waals surface area contributed by atoms with Gasteiger partial charge in [0.05, 0.1) is 7.74 Å². The molecule has 0 spiro atoms. The van der Waals surface area contributed by atoms with Crippen molar-refractivity contribution in [1.29, 1.82) is 0 Å². The maximum atomic E-state index is 2.66. The molecule has 0 aliphatic heterocycles. The minimum absolute atomic E-state index is 0.750. The van der Waals surface area contributed by atoms with Gasteiger partial charge >= 0.3 is 0 Å². The first kappa shape index (κ1) is 4.56. The van der Waals surface area contributed by atoms with Crippen LogP contribution in [0.15, 0.2) is 0 Å². The average molecular weight is 71.7 g/mol. The van der Waals surface area contributed by atoms with E-state index in [1.165, 1.54) is 0 Å². The molecule has 0 aromatic carbocycles. The van der Waals surface area contributed by atoms with Crippen LogP contribution in [0.3, 0.4) is 0 Å². The van der Waals surface area contributed by atoms with E-state index in [1.807, 2.05) is 0 Å². The molecule has 0 rings (SSSR count). The minimum atomic E-state index is 0.750. The first-order valence-electron chi connectivity index (χ1n) is 1.49. The van der Waals surface area contributed by atoms with E-state index >= 15 is 0 Å². The van der Waals surface area contributed by atoms with Crippen LogP contribution in [0.25, 0.3) is 0 Å². The Kier molecular flexibility index (Phi) is 2.10.